The van der Waals surface area contributed by atoms with E-state index in [0.717, 1.165) is 62.3 Å². The minimum absolute atomic E-state index is 0.702. The Bertz CT molecular complexity index is 675. The molecule has 0 fully saturated rings. The highest BCUT2D eigenvalue weighted by atomic mass is 16.5. The standard InChI is InChI=1S/C24H35NO3/c1-25(2)19-11-9-17-24(26,18-10-12-20-27-3)22-15-7-8-16-23(22)28-21-13-5-4-6-14-21/h4-8,13-16,26H,9-12,17-20H2,1-3H3. The molecule has 0 aliphatic carbocycles. The number of methoxy groups -OCH3 is 1. The van der Waals surface area contributed by atoms with Gasteiger partial charge in [0, 0.05) is 19.3 Å². The summed E-state index contributed by atoms with van der Waals surface area (Å²) >= 11 is 0. The number of hydrogen-bond acceptors (Lipinski definition) is 4. The smallest absolute Gasteiger partial charge is 0.133 e. The van der Waals surface area contributed by atoms with Crippen molar-refractivity contribution in [2.45, 2.75) is 44.1 Å². The van der Waals surface area contributed by atoms with Gasteiger partial charge in [-0.25, -0.2) is 0 Å². The zero-order valence-electron chi connectivity index (χ0n) is 17.6. The first-order valence-corrected chi connectivity index (χ1v) is 10.2. The summed E-state index contributed by atoms with van der Waals surface area (Å²) in [6.45, 7) is 1.75. The second-order valence-corrected chi connectivity index (χ2v) is 7.65. The third kappa shape index (κ3) is 7.27. The number of benzene rings is 2. The maximum absolute atomic E-state index is 11.7. The first kappa shape index (κ1) is 22.4. The summed E-state index contributed by atoms with van der Waals surface area (Å²) in [6.07, 6.45) is 5.32. The molecule has 0 spiro atoms. The molecular formula is C24H35NO3. The molecule has 0 heterocycles. The van der Waals surface area contributed by atoms with Crippen molar-refractivity contribution in [3.63, 3.8) is 0 Å². The largest absolute Gasteiger partial charge is 0.457 e. The highest BCUT2D eigenvalue weighted by Crippen LogP contribution is 2.39. The van der Waals surface area contributed by atoms with Crippen LogP contribution in [0, 0.1) is 0 Å². The fourth-order valence-electron chi connectivity index (χ4n) is 3.46. The lowest BCUT2D eigenvalue weighted by molar-refractivity contribution is 0.00990. The van der Waals surface area contributed by atoms with Gasteiger partial charge < -0.3 is 19.5 Å². The fourth-order valence-corrected chi connectivity index (χ4v) is 3.46. The summed E-state index contributed by atoms with van der Waals surface area (Å²) in [5.41, 5.74) is -0.0214. The van der Waals surface area contributed by atoms with Crippen LogP contribution < -0.4 is 4.74 Å². The summed E-state index contributed by atoms with van der Waals surface area (Å²) < 4.78 is 11.3. The van der Waals surface area contributed by atoms with Gasteiger partial charge in [-0.2, -0.15) is 0 Å². The van der Waals surface area contributed by atoms with Gasteiger partial charge in [0.05, 0.1) is 5.60 Å². The number of nitrogens with zero attached hydrogens (tertiary/aromatic N) is 1. The Morgan fingerprint density at radius 1 is 0.857 bits per heavy atom. The van der Waals surface area contributed by atoms with E-state index >= 15 is 0 Å². The molecule has 2 aromatic carbocycles. The Hall–Kier alpha value is -1.88. The molecule has 0 amide bonds. The van der Waals surface area contributed by atoms with Crippen molar-refractivity contribution in [3.8, 4) is 11.5 Å². The molecule has 4 heteroatoms. The number of hydrogen-bond donors (Lipinski definition) is 1. The molecule has 2 aromatic rings. The van der Waals surface area contributed by atoms with Crippen molar-refractivity contribution in [3.05, 3.63) is 60.2 Å². The van der Waals surface area contributed by atoms with Crippen molar-refractivity contribution in [1.29, 1.82) is 0 Å². The van der Waals surface area contributed by atoms with E-state index in [-0.39, 0.29) is 0 Å². The first-order chi connectivity index (χ1) is 13.5. The highest BCUT2D eigenvalue weighted by Gasteiger charge is 2.31. The SMILES string of the molecule is COCCCCC(O)(CCCCN(C)C)c1ccccc1Oc1ccccc1. The van der Waals surface area contributed by atoms with Gasteiger partial charge in [0.15, 0.2) is 0 Å². The van der Waals surface area contributed by atoms with Gasteiger partial charge in [-0.3, -0.25) is 0 Å². The van der Waals surface area contributed by atoms with Crippen LogP contribution >= 0.6 is 0 Å². The normalized spacial score (nSPS) is 13.5. The van der Waals surface area contributed by atoms with E-state index in [1.54, 1.807) is 7.11 Å². The van der Waals surface area contributed by atoms with Crippen LogP contribution in [0.4, 0.5) is 0 Å². The Balaban J connectivity index is 2.18. The van der Waals surface area contributed by atoms with Gasteiger partial charge in [0.2, 0.25) is 0 Å². The Kier molecular flexibility index (Phi) is 9.48. The lowest BCUT2D eigenvalue weighted by Crippen LogP contribution is -2.27. The van der Waals surface area contributed by atoms with E-state index in [0.29, 0.717) is 6.42 Å². The third-order valence-corrected chi connectivity index (χ3v) is 4.99. The van der Waals surface area contributed by atoms with Crippen LogP contribution in [0.15, 0.2) is 54.6 Å². The monoisotopic (exact) mass is 385 g/mol. The first-order valence-electron chi connectivity index (χ1n) is 10.2. The van der Waals surface area contributed by atoms with Gasteiger partial charge in [-0.15, -0.1) is 0 Å². The van der Waals surface area contributed by atoms with Crippen LogP contribution in [0.2, 0.25) is 0 Å². The molecule has 0 aromatic heterocycles. The molecular weight excluding hydrogens is 350 g/mol. The molecule has 0 bridgehead atoms. The third-order valence-electron chi connectivity index (χ3n) is 4.99. The van der Waals surface area contributed by atoms with Crippen molar-refractivity contribution in [2.24, 2.45) is 0 Å². The highest BCUT2D eigenvalue weighted by molar-refractivity contribution is 5.41. The zero-order valence-corrected chi connectivity index (χ0v) is 17.6. The second-order valence-electron chi connectivity index (χ2n) is 7.65. The second kappa shape index (κ2) is 11.8. The van der Waals surface area contributed by atoms with Crippen molar-refractivity contribution >= 4 is 0 Å². The van der Waals surface area contributed by atoms with E-state index in [1.165, 1.54) is 0 Å². The number of rotatable bonds is 13. The van der Waals surface area contributed by atoms with E-state index in [4.69, 9.17) is 9.47 Å². The van der Waals surface area contributed by atoms with E-state index in [9.17, 15) is 5.11 Å². The number of para-hydroxylation sites is 2. The lowest BCUT2D eigenvalue weighted by atomic mass is 9.83. The van der Waals surface area contributed by atoms with Crippen LogP contribution in [0.25, 0.3) is 0 Å². The van der Waals surface area contributed by atoms with Crippen molar-refractivity contribution in [1.82, 2.24) is 4.90 Å². The van der Waals surface area contributed by atoms with Crippen LogP contribution in [0.3, 0.4) is 0 Å². The Labute approximate surface area is 170 Å². The Morgan fingerprint density at radius 3 is 2.18 bits per heavy atom. The minimum atomic E-state index is -0.897. The average molecular weight is 386 g/mol. The number of unbranched alkanes of at least 4 members (excludes halogenated alkanes) is 2. The molecule has 0 radical (unpaired) electrons. The molecule has 4 nitrogen and oxygen atoms in total. The fraction of sp³-hybridized carbons (Fsp3) is 0.500. The minimum Gasteiger partial charge on any atom is -0.457 e. The van der Waals surface area contributed by atoms with Crippen LogP contribution in [0.5, 0.6) is 11.5 Å². The summed E-state index contributed by atoms with van der Waals surface area (Å²) in [5, 5.41) is 11.7. The topological polar surface area (TPSA) is 41.9 Å². The van der Waals surface area contributed by atoms with E-state index in [1.807, 2.05) is 54.6 Å². The summed E-state index contributed by atoms with van der Waals surface area (Å²) in [6, 6.07) is 17.6. The molecule has 0 aliphatic heterocycles. The van der Waals surface area contributed by atoms with Gasteiger partial charge in [-0.1, -0.05) is 36.4 Å². The van der Waals surface area contributed by atoms with Crippen LogP contribution in [0.1, 0.15) is 44.1 Å². The molecule has 154 valence electrons. The predicted molar refractivity (Wildman–Crippen MR) is 115 cm³/mol. The average Bonchev–Trinajstić information content (AvgIpc) is 2.70. The van der Waals surface area contributed by atoms with Gasteiger partial charge in [-0.05, 0) is 77.4 Å². The summed E-state index contributed by atoms with van der Waals surface area (Å²) in [5.74, 6) is 1.51. The Morgan fingerprint density at radius 2 is 1.50 bits per heavy atom. The maximum atomic E-state index is 11.7. The zero-order chi connectivity index (χ0) is 20.2. The predicted octanol–water partition coefficient (Wildman–Crippen LogP) is 5.22. The molecule has 0 aliphatic rings. The number of aliphatic hydroxyl groups is 1. The molecule has 0 saturated carbocycles. The molecule has 1 atom stereocenters. The summed E-state index contributed by atoms with van der Waals surface area (Å²) in [7, 11) is 5.89. The van der Waals surface area contributed by atoms with Crippen molar-refractivity contribution < 1.29 is 14.6 Å². The van der Waals surface area contributed by atoms with Gasteiger partial charge >= 0.3 is 0 Å². The lowest BCUT2D eigenvalue weighted by Gasteiger charge is -2.31. The quantitative estimate of drug-likeness (QED) is 0.480. The number of ether oxygens (including phenoxy) is 2. The van der Waals surface area contributed by atoms with Gasteiger partial charge in [0.1, 0.15) is 11.5 Å². The van der Waals surface area contributed by atoms with Crippen LogP contribution in [-0.4, -0.2) is 44.4 Å². The molecule has 2 rings (SSSR count). The maximum Gasteiger partial charge on any atom is 0.133 e. The molecule has 1 N–H and O–H groups in total. The molecule has 28 heavy (non-hydrogen) atoms. The molecule has 1 unspecified atom stereocenters. The van der Waals surface area contributed by atoms with Crippen LogP contribution in [-0.2, 0) is 10.3 Å². The summed E-state index contributed by atoms with van der Waals surface area (Å²) in [4.78, 5) is 2.18. The van der Waals surface area contributed by atoms with E-state index in [2.05, 4.69) is 19.0 Å². The van der Waals surface area contributed by atoms with Crippen molar-refractivity contribution in [2.75, 3.05) is 34.4 Å². The van der Waals surface area contributed by atoms with Gasteiger partial charge in [0.25, 0.3) is 0 Å². The van der Waals surface area contributed by atoms with E-state index < -0.39 is 5.60 Å². The molecule has 0 saturated heterocycles.